The smallest absolute Gasteiger partial charge is 0.145 e. The summed E-state index contributed by atoms with van der Waals surface area (Å²) in [6.07, 6.45) is 4.94. The van der Waals surface area contributed by atoms with E-state index >= 15 is 0 Å². The minimum atomic E-state index is -0.304. The Labute approximate surface area is 132 Å². The Morgan fingerprint density at radius 3 is 2.90 bits per heavy atom. The van der Waals surface area contributed by atoms with Crippen molar-refractivity contribution in [3.8, 4) is 0 Å². The van der Waals surface area contributed by atoms with Crippen molar-refractivity contribution in [1.82, 2.24) is 5.32 Å². The van der Waals surface area contributed by atoms with E-state index in [0.717, 1.165) is 32.4 Å². The molecule has 1 aromatic carbocycles. The van der Waals surface area contributed by atoms with Crippen LogP contribution in [0, 0.1) is 5.82 Å². The normalized spacial score (nSPS) is 24.0. The molecule has 1 N–H and O–H groups in total. The maximum absolute atomic E-state index is 14.2. The summed E-state index contributed by atoms with van der Waals surface area (Å²) in [5, 5.41) is 3.73. The molecule has 4 heteroatoms. The highest BCUT2D eigenvalue weighted by atomic mass is 35.5. The molecule has 0 spiro atoms. The zero-order chi connectivity index (χ0) is 15.3. The lowest BCUT2D eigenvalue weighted by atomic mass is 9.84. The molecule has 2 atom stereocenters. The van der Waals surface area contributed by atoms with E-state index in [9.17, 15) is 4.39 Å². The van der Waals surface area contributed by atoms with Crippen LogP contribution in [0.1, 0.15) is 45.1 Å². The molecule has 2 rings (SSSR count). The summed E-state index contributed by atoms with van der Waals surface area (Å²) in [7, 11) is 0. The molecule has 2 nitrogen and oxygen atoms in total. The topological polar surface area (TPSA) is 21.3 Å². The maximum Gasteiger partial charge on any atom is 0.145 e. The Kier molecular flexibility index (Phi) is 6.03. The molecule has 0 saturated carbocycles. The van der Waals surface area contributed by atoms with E-state index < -0.39 is 0 Å². The second-order valence-electron chi connectivity index (χ2n) is 6.04. The van der Waals surface area contributed by atoms with Gasteiger partial charge >= 0.3 is 0 Å². The van der Waals surface area contributed by atoms with Crippen LogP contribution in [0.3, 0.4) is 0 Å². The van der Waals surface area contributed by atoms with Crippen LogP contribution in [0.5, 0.6) is 0 Å². The van der Waals surface area contributed by atoms with Crippen molar-refractivity contribution in [1.29, 1.82) is 0 Å². The third-order valence-electron chi connectivity index (χ3n) is 4.33. The van der Waals surface area contributed by atoms with Crippen molar-refractivity contribution < 1.29 is 9.13 Å². The van der Waals surface area contributed by atoms with Gasteiger partial charge in [-0.2, -0.15) is 0 Å². The van der Waals surface area contributed by atoms with E-state index in [4.69, 9.17) is 16.3 Å². The van der Waals surface area contributed by atoms with Gasteiger partial charge in [-0.05, 0) is 57.2 Å². The van der Waals surface area contributed by atoms with Crippen LogP contribution in [0.2, 0.25) is 5.02 Å². The number of rotatable bonds is 6. The van der Waals surface area contributed by atoms with E-state index in [1.54, 1.807) is 6.07 Å². The molecular weight excluding hydrogens is 289 g/mol. The first-order valence-corrected chi connectivity index (χ1v) is 8.25. The lowest BCUT2D eigenvalue weighted by Gasteiger charge is -2.41. The largest absolute Gasteiger partial charge is 0.374 e. The summed E-state index contributed by atoms with van der Waals surface area (Å²) in [6, 6.07) is 5.31. The number of ether oxygens (including phenoxy) is 1. The fourth-order valence-electron chi connectivity index (χ4n) is 2.98. The van der Waals surface area contributed by atoms with Crippen molar-refractivity contribution in [3.05, 3.63) is 34.6 Å². The van der Waals surface area contributed by atoms with Crippen LogP contribution in [-0.4, -0.2) is 24.8 Å². The lowest BCUT2D eigenvalue weighted by molar-refractivity contribution is -0.0884. The van der Waals surface area contributed by atoms with Gasteiger partial charge in [0.05, 0.1) is 10.6 Å². The van der Waals surface area contributed by atoms with Gasteiger partial charge in [0.25, 0.3) is 0 Å². The maximum atomic E-state index is 14.2. The van der Waals surface area contributed by atoms with Crippen LogP contribution in [0.15, 0.2) is 18.2 Å². The monoisotopic (exact) mass is 313 g/mol. The summed E-state index contributed by atoms with van der Waals surface area (Å²) in [5.41, 5.74) is 0.425. The van der Waals surface area contributed by atoms with Crippen molar-refractivity contribution in [2.24, 2.45) is 0 Å². The Balaban J connectivity index is 2.17. The third kappa shape index (κ3) is 4.18. The Morgan fingerprint density at radius 2 is 2.24 bits per heavy atom. The van der Waals surface area contributed by atoms with E-state index in [2.05, 4.69) is 19.2 Å². The van der Waals surface area contributed by atoms with Gasteiger partial charge in [-0.25, -0.2) is 4.39 Å². The summed E-state index contributed by atoms with van der Waals surface area (Å²) >= 11 is 5.90. The highest BCUT2D eigenvalue weighted by Crippen LogP contribution is 2.31. The van der Waals surface area contributed by atoms with Gasteiger partial charge in [0.15, 0.2) is 0 Å². The predicted octanol–water partition coefficient (Wildman–Crippen LogP) is 4.35. The van der Waals surface area contributed by atoms with Gasteiger partial charge in [-0.3, -0.25) is 0 Å². The second-order valence-corrected chi connectivity index (χ2v) is 6.45. The molecular formula is C17H25ClFNO. The molecule has 1 aromatic rings. The summed E-state index contributed by atoms with van der Waals surface area (Å²) in [4.78, 5) is 0. The van der Waals surface area contributed by atoms with Gasteiger partial charge in [0.1, 0.15) is 5.82 Å². The predicted molar refractivity (Wildman–Crippen MR) is 85.4 cm³/mol. The molecule has 2 unspecified atom stereocenters. The standard InChI is InChI=1S/C17H25ClFNO/c1-3-10-20-15(17(2)9-4-5-11-21-17)12-13-7-6-8-14(18)16(13)19/h6-8,15,20H,3-5,9-12H2,1-2H3. The highest BCUT2D eigenvalue weighted by Gasteiger charge is 2.36. The molecule has 0 radical (unpaired) electrons. The van der Waals surface area contributed by atoms with Gasteiger partial charge in [-0.1, -0.05) is 30.7 Å². The number of hydrogen-bond acceptors (Lipinski definition) is 2. The van der Waals surface area contributed by atoms with Crippen LogP contribution in [0.25, 0.3) is 0 Å². The highest BCUT2D eigenvalue weighted by molar-refractivity contribution is 6.30. The van der Waals surface area contributed by atoms with E-state index in [-0.39, 0.29) is 22.5 Å². The molecule has 1 saturated heterocycles. The molecule has 0 aromatic heterocycles. The first kappa shape index (κ1) is 16.7. The first-order valence-electron chi connectivity index (χ1n) is 7.87. The Hall–Kier alpha value is -0.640. The molecule has 1 heterocycles. The Bertz CT molecular complexity index is 460. The van der Waals surface area contributed by atoms with Crippen molar-refractivity contribution in [3.63, 3.8) is 0 Å². The van der Waals surface area contributed by atoms with Crippen molar-refractivity contribution in [2.75, 3.05) is 13.2 Å². The van der Waals surface area contributed by atoms with Crippen LogP contribution < -0.4 is 5.32 Å². The molecule has 1 fully saturated rings. The average molecular weight is 314 g/mol. The molecule has 118 valence electrons. The SMILES string of the molecule is CCCNC(Cc1cccc(Cl)c1F)C1(C)CCCCO1. The van der Waals surface area contributed by atoms with Crippen LogP contribution >= 0.6 is 11.6 Å². The molecule has 1 aliphatic rings. The number of halogens is 2. The zero-order valence-corrected chi connectivity index (χ0v) is 13.7. The number of benzene rings is 1. The fraction of sp³-hybridized carbons (Fsp3) is 0.647. The fourth-order valence-corrected chi connectivity index (χ4v) is 3.17. The first-order chi connectivity index (χ1) is 10.1. The molecule has 21 heavy (non-hydrogen) atoms. The van der Waals surface area contributed by atoms with E-state index in [0.29, 0.717) is 12.0 Å². The third-order valence-corrected chi connectivity index (χ3v) is 4.62. The van der Waals surface area contributed by atoms with Crippen LogP contribution in [-0.2, 0) is 11.2 Å². The second kappa shape index (κ2) is 7.57. The summed E-state index contributed by atoms with van der Waals surface area (Å²) in [6.45, 7) is 5.97. The van der Waals surface area contributed by atoms with E-state index in [1.165, 1.54) is 6.42 Å². The number of nitrogens with one attached hydrogen (secondary N) is 1. The van der Waals surface area contributed by atoms with Gasteiger partial charge in [-0.15, -0.1) is 0 Å². The molecule has 0 aliphatic carbocycles. The number of hydrogen-bond donors (Lipinski definition) is 1. The molecule has 1 aliphatic heterocycles. The van der Waals surface area contributed by atoms with Gasteiger partial charge in [0, 0.05) is 12.6 Å². The minimum Gasteiger partial charge on any atom is -0.374 e. The Morgan fingerprint density at radius 1 is 1.43 bits per heavy atom. The van der Waals surface area contributed by atoms with E-state index in [1.807, 2.05) is 12.1 Å². The van der Waals surface area contributed by atoms with Gasteiger partial charge < -0.3 is 10.1 Å². The minimum absolute atomic E-state index is 0.103. The zero-order valence-electron chi connectivity index (χ0n) is 12.9. The summed E-state index contributed by atoms with van der Waals surface area (Å²) < 4.78 is 20.2. The van der Waals surface area contributed by atoms with Gasteiger partial charge in [0.2, 0.25) is 0 Å². The van der Waals surface area contributed by atoms with Crippen LogP contribution in [0.4, 0.5) is 4.39 Å². The lowest BCUT2D eigenvalue weighted by Crippen LogP contribution is -2.53. The molecule has 0 bridgehead atoms. The average Bonchev–Trinajstić information content (AvgIpc) is 2.48. The molecule has 0 amide bonds. The summed E-state index contributed by atoms with van der Waals surface area (Å²) in [5.74, 6) is -0.304. The van der Waals surface area contributed by atoms with Crippen molar-refractivity contribution >= 4 is 11.6 Å². The quantitative estimate of drug-likeness (QED) is 0.843. The van der Waals surface area contributed by atoms with Crippen molar-refractivity contribution in [2.45, 2.75) is 57.6 Å².